The average Bonchev–Trinajstić information content (AvgIpc) is 2.77. The predicted octanol–water partition coefficient (Wildman–Crippen LogP) is 2.97. The second kappa shape index (κ2) is 3.45. The van der Waals surface area contributed by atoms with Crippen LogP contribution < -0.4 is 5.32 Å². The Morgan fingerprint density at radius 2 is 1.88 bits per heavy atom. The number of nitrogens with zero attached hydrogens (tertiary/aromatic N) is 3. The van der Waals surface area contributed by atoms with Crippen LogP contribution in [0.3, 0.4) is 0 Å². The van der Waals surface area contributed by atoms with Gasteiger partial charge in [-0.15, -0.1) is 0 Å². The van der Waals surface area contributed by atoms with Crippen molar-refractivity contribution in [3.63, 3.8) is 0 Å². The zero-order valence-corrected chi connectivity index (χ0v) is 8.88. The summed E-state index contributed by atoms with van der Waals surface area (Å²) in [4.78, 5) is 8.60. The first kappa shape index (κ1) is 9.09. The van der Waals surface area contributed by atoms with Crippen molar-refractivity contribution in [3.05, 3.63) is 42.2 Å². The highest BCUT2D eigenvalue weighted by atomic mass is 15.0. The molecule has 0 N–H and O–H groups in total. The monoisotopic (exact) mass is 208 g/mol. The van der Waals surface area contributed by atoms with Crippen molar-refractivity contribution in [3.8, 4) is 11.1 Å². The lowest BCUT2D eigenvalue weighted by atomic mass is 10.0. The number of benzene rings is 1. The minimum Gasteiger partial charge on any atom is -0.261 e. The smallest absolute Gasteiger partial charge is 0.116 e. The van der Waals surface area contributed by atoms with Gasteiger partial charge < -0.3 is 0 Å². The third kappa shape index (κ3) is 1.29. The number of fused-ring (bicyclic) bond motifs is 1. The molecule has 0 atom stereocenters. The second-order valence-corrected chi connectivity index (χ2v) is 3.68. The first-order valence-corrected chi connectivity index (χ1v) is 5.14. The van der Waals surface area contributed by atoms with Crippen molar-refractivity contribution in [2.75, 3.05) is 0 Å². The van der Waals surface area contributed by atoms with Crippen molar-refractivity contribution in [1.29, 1.82) is 0 Å². The van der Waals surface area contributed by atoms with Gasteiger partial charge in [-0.3, -0.25) is 4.98 Å². The summed E-state index contributed by atoms with van der Waals surface area (Å²) in [5.74, 6) is 0. The van der Waals surface area contributed by atoms with Crippen LogP contribution in [0.4, 0.5) is 11.4 Å². The Morgan fingerprint density at radius 1 is 1.00 bits per heavy atom. The lowest BCUT2D eigenvalue weighted by Crippen LogP contribution is -1.88. The van der Waals surface area contributed by atoms with Crippen molar-refractivity contribution in [2.45, 2.75) is 6.92 Å². The molecule has 1 aromatic carbocycles. The molecule has 3 heteroatoms. The highest BCUT2D eigenvalue weighted by Crippen LogP contribution is 2.39. The Bertz CT molecular complexity index is 573. The standard InChI is InChI=1S/C13H10N3/c1-9-10(5-3-7-14-9)11-4-2-6-12-13(11)16-8-15-12/h2-8H,1H3. The number of aromatic nitrogens is 1. The normalized spacial score (nSPS) is 12.3. The maximum atomic E-state index is 4.30. The first-order valence-electron chi connectivity index (χ1n) is 5.14. The Hall–Kier alpha value is -2.16. The number of pyridine rings is 1. The van der Waals surface area contributed by atoms with Crippen LogP contribution in [-0.2, 0) is 0 Å². The van der Waals surface area contributed by atoms with Crippen LogP contribution in [0.25, 0.3) is 11.1 Å². The van der Waals surface area contributed by atoms with Gasteiger partial charge in [0, 0.05) is 23.0 Å². The van der Waals surface area contributed by atoms with Crippen LogP contribution in [-0.4, -0.2) is 11.3 Å². The van der Waals surface area contributed by atoms with Crippen LogP contribution in [0.15, 0.2) is 41.5 Å². The van der Waals surface area contributed by atoms with Crippen molar-refractivity contribution in [2.24, 2.45) is 4.99 Å². The van der Waals surface area contributed by atoms with Gasteiger partial charge in [0.2, 0.25) is 0 Å². The molecule has 1 aliphatic rings. The molecule has 16 heavy (non-hydrogen) atoms. The number of aliphatic imine (C=N–C) groups is 1. The lowest BCUT2D eigenvalue weighted by Gasteiger charge is -2.07. The Morgan fingerprint density at radius 3 is 2.75 bits per heavy atom. The molecule has 0 spiro atoms. The van der Waals surface area contributed by atoms with Crippen molar-refractivity contribution in [1.82, 2.24) is 10.3 Å². The molecule has 0 saturated carbocycles. The number of rotatable bonds is 1. The van der Waals surface area contributed by atoms with Crippen molar-refractivity contribution < 1.29 is 0 Å². The van der Waals surface area contributed by atoms with Gasteiger partial charge in [-0.25, -0.2) is 10.3 Å². The quantitative estimate of drug-likeness (QED) is 0.710. The molecule has 1 aromatic heterocycles. The van der Waals surface area contributed by atoms with E-state index in [4.69, 9.17) is 0 Å². The number of aryl methyl sites for hydroxylation is 1. The molecule has 3 nitrogen and oxygen atoms in total. The van der Waals surface area contributed by atoms with E-state index in [0.717, 1.165) is 28.2 Å². The number of hydrogen-bond acceptors (Lipinski definition) is 2. The van der Waals surface area contributed by atoms with Gasteiger partial charge in [-0.05, 0) is 19.1 Å². The van der Waals surface area contributed by atoms with Gasteiger partial charge in [0.05, 0.1) is 11.4 Å². The summed E-state index contributed by atoms with van der Waals surface area (Å²) in [6, 6.07) is 10.0. The van der Waals surface area contributed by atoms with E-state index in [1.54, 1.807) is 12.5 Å². The van der Waals surface area contributed by atoms with Gasteiger partial charge in [-0.1, -0.05) is 18.2 Å². The molecule has 1 aliphatic heterocycles. The first-order chi connectivity index (χ1) is 7.86. The fourth-order valence-corrected chi connectivity index (χ4v) is 1.91. The van der Waals surface area contributed by atoms with Crippen LogP contribution >= 0.6 is 0 Å². The molecule has 77 valence electrons. The van der Waals surface area contributed by atoms with Crippen LogP contribution in [0.5, 0.6) is 0 Å². The molecular weight excluding hydrogens is 198 g/mol. The van der Waals surface area contributed by atoms with Gasteiger partial charge in [0.25, 0.3) is 0 Å². The van der Waals surface area contributed by atoms with Gasteiger partial charge in [0.15, 0.2) is 0 Å². The van der Waals surface area contributed by atoms with E-state index in [-0.39, 0.29) is 0 Å². The molecule has 0 saturated heterocycles. The summed E-state index contributed by atoms with van der Waals surface area (Å²) in [6.07, 6.45) is 3.40. The van der Waals surface area contributed by atoms with E-state index in [2.05, 4.69) is 27.4 Å². The molecule has 2 aromatic rings. The Labute approximate surface area is 93.9 Å². The minimum absolute atomic E-state index is 0.931. The molecule has 2 heterocycles. The summed E-state index contributed by atoms with van der Waals surface area (Å²) in [5.41, 5.74) is 5.10. The number of para-hydroxylation sites is 1. The van der Waals surface area contributed by atoms with Crippen molar-refractivity contribution >= 4 is 17.7 Å². The molecule has 1 radical (unpaired) electrons. The maximum absolute atomic E-state index is 4.30. The molecule has 0 bridgehead atoms. The lowest BCUT2D eigenvalue weighted by molar-refractivity contribution is 1.20. The fourth-order valence-electron chi connectivity index (χ4n) is 1.91. The van der Waals surface area contributed by atoms with Gasteiger partial charge in [-0.2, -0.15) is 0 Å². The highest BCUT2D eigenvalue weighted by Gasteiger charge is 2.14. The third-order valence-corrected chi connectivity index (χ3v) is 2.70. The molecule has 0 aliphatic carbocycles. The molecular formula is C13H10N3. The van der Waals surface area contributed by atoms with E-state index in [1.165, 1.54) is 0 Å². The maximum Gasteiger partial charge on any atom is 0.116 e. The SMILES string of the molecule is Cc1ncccc1-c1cccc2c1N=C[N]2. The number of hydrogen-bond donors (Lipinski definition) is 0. The Kier molecular flexibility index (Phi) is 1.96. The Balaban J connectivity index is 2.25. The zero-order valence-electron chi connectivity index (χ0n) is 8.88. The topological polar surface area (TPSA) is 39.4 Å². The van der Waals surface area contributed by atoms with Gasteiger partial charge >= 0.3 is 0 Å². The van der Waals surface area contributed by atoms with E-state index in [1.807, 2.05) is 25.1 Å². The third-order valence-electron chi connectivity index (χ3n) is 2.70. The van der Waals surface area contributed by atoms with Crippen LogP contribution in [0.1, 0.15) is 5.69 Å². The average molecular weight is 208 g/mol. The summed E-state index contributed by atoms with van der Waals surface area (Å²) >= 11 is 0. The second-order valence-electron chi connectivity index (χ2n) is 3.68. The summed E-state index contributed by atoms with van der Waals surface area (Å²) in [5, 5.41) is 4.20. The zero-order chi connectivity index (χ0) is 11.0. The summed E-state index contributed by atoms with van der Waals surface area (Å²) in [6.45, 7) is 2.00. The van der Waals surface area contributed by atoms with Crippen LogP contribution in [0.2, 0.25) is 0 Å². The largest absolute Gasteiger partial charge is 0.261 e. The summed E-state index contributed by atoms with van der Waals surface area (Å²) in [7, 11) is 0. The molecule has 3 rings (SSSR count). The summed E-state index contributed by atoms with van der Waals surface area (Å²) < 4.78 is 0. The van der Waals surface area contributed by atoms with Gasteiger partial charge in [0.1, 0.15) is 6.34 Å². The van der Waals surface area contributed by atoms with Crippen LogP contribution in [0, 0.1) is 6.92 Å². The van der Waals surface area contributed by atoms with E-state index >= 15 is 0 Å². The fraction of sp³-hybridized carbons (Fsp3) is 0.0769. The van der Waals surface area contributed by atoms with E-state index in [0.29, 0.717) is 0 Å². The molecule has 0 fully saturated rings. The highest BCUT2D eigenvalue weighted by molar-refractivity contribution is 5.92. The molecule has 0 amide bonds. The molecule has 0 unspecified atom stereocenters. The minimum atomic E-state index is 0.931. The van der Waals surface area contributed by atoms with E-state index in [9.17, 15) is 0 Å². The predicted molar refractivity (Wildman–Crippen MR) is 64.4 cm³/mol. The van der Waals surface area contributed by atoms with E-state index < -0.39 is 0 Å².